The zero-order valence-corrected chi connectivity index (χ0v) is 8.56. The Kier molecular flexibility index (Phi) is 9.84. The summed E-state index contributed by atoms with van der Waals surface area (Å²) >= 11 is 0. The predicted molar refractivity (Wildman–Crippen MR) is 31.1 cm³/mol. The summed E-state index contributed by atoms with van der Waals surface area (Å²) in [5, 5.41) is 0. The molecule has 0 saturated heterocycles. The number of rotatable bonds is 2. The standard InChI is InChI=1S/C6H9O2.Zn/c1-3-5-6(7)8-4-2;/h3,5H,1,4H2,2H3;/q-1;. The molecule has 0 fully saturated rings. The van der Waals surface area contributed by atoms with E-state index in [1.807, 2.05) is 0 Å². The maximum absolute atomic E-state index is 10.3. The number of carbonyl (C=O) groups is 1. The first-order valence-corrected chi connectivity index (χ1v) is 2.43. The average Bonchev–Trinajstić information content (AvgIpc) is 1.68. The molecule has 9 heavy (non-hydrogen) atoms. The Bertz CT molecular complexity index is 99.2. The van der Waals surface area contributed by atoms with Gasteiger partial charge in [-0.2, -0.15) is 0 Å². The van der Waals surface area contributed by atoms with Gasteiger partial charge in [-0.3, -0.25) is 4.79 Å². The molecule has 0 aliphatic rings. The van der Waals surface area contributed by atoms with Crippen molar-refractivity contribution in [1.29, 1.82) is 0 Å². The van der Waals surface area contributed by atoms with Crippen LogP contribution in [-0.4, -0.2) is 12.6 Å². The van der Waals surface area contributed by atoms with E-state index in [9.17, 15) is 4.79 Å². The summed E-state index contributed by atoms with van der Waals surface area (Å²) in [5.41, 5.74) is 0. The van der Waals surface area contributed by atoms with Crippen molar-refractivity contribution < 1.29 is 29.0 Å². The van der Waals surface area contributed by atoms with Crippen LogP contribution in [0.1, 0.15) is 6.92 Å². The van der Waals surface area contributed by atoms with Gasteiger partial charge >= 0.3 is 0 Å². The Morgan fingerprint density at radius 1 is 1.78 bits per heavy atom. The van der Waals surface area contributed by atoms with Gasteiger partial charge in [-0.1, -0.05) is 0 Å². The molecule has 0 spiro atoms. The van der Waals surface area contributed by atoms with Crippen molar-refractivity contribution in [2.45, 2.75) is 6.92 Å². The summed E-state index contributed by atoms with van der Waals surface area (Å²) in [5.74, 6) is -0.331. The molecule has 0 unspecified atom stereocenters. The molecule has 0 aromatic rings. The third-order valence-electron chi connectivity index (χ3n) is 0.541. The van der Waals surface area contributed by atoms with E-state index in [1.54, 1.807) is 6.92 Å². The second-order valence-corrected chi connectivity index (χ2v) is 1.15. The molecule has 48 valence electrons. The molecule has 0 amide bonds. The SMILES string of the molecule is [CH2-]C=CC(=O)OCC.[Zn]. The van der Waals surface area contributed by atoms with Gasteiger partial charge in [0.05, 0.1) is 6.61 Å². The quantitative estimate of drug-likeness (QED) is 0.272. The molecule has 0 aliphatic carbocycles. The van der Waals surface area contributed by atoms with Crippen molar-refractivity contribution in [3.05, 3.63) is 19.1 Å². The molecule has 0 aliphatic heterocycles. The van der Waals surface area contributed by atoms with Crippen molar-refractivity contribution in [1.82, 2.24) is 0 Å². The molecule has 0 radical (unpaired) electrons. The van der Waals surface area contributed by atoms with E-state index in [4.69, 9.17) is 0 Å². The Labute approximate surface area is 68.0 Å². The van der Waals surface area contributed by atoms with Crippen LogP contribution in [0.15, 0.2) is 12.2 Å². The van der Waals surface area contributed by atoms with Crippen molar-refractivity contribution >= 4 is 5.97 Å². The van der Waals surface area contributed by atoms with Crippen LogP contribution in [0.2, 0.25) is 0 Å². The van der Waals surface area contributed by atoms with Crippen molar-refractivity contribution in [2.24, 2.45) is 0 Å². The van der Waals surface area contributed by atoms with Crippen LogP contribution in [0.3, 0.4) is 0 Å². The van der Waals surface area contributed by atoms with Crippen LogP contribution in [0.4, 0.5) is 0 Å². The minimum Gasteiger partial charge on any atom is -0.476 e. The molecule has 0 N–H and O–H groups in total. The third kappa shape index (κ3) is 7.70. The second kappa shape index (κ2) is 7.70. The molecule has 0 aromatic heterocycles. The Balaban J connectivity index is 0. The van der Waals surface area contributed by atoms with Gasteiger partial charge in [0.15, 0.2) is 0 Å². The molecule has 0 bridgehead atoms. The molecule has 2 nitrogen and oxygen atoms in total. The minimum absolute atomic E-state index is 0. The Morgan fingerprint density at radius 2 is 2.33 bits per heavy atom. The first kappa shape index (κ1) is 11.5. The summed E-state index contributed by atoms with van der Waals surface area (Å²) < 4.78 is 4.52. The summed E-state index contributed by atoms with van der Waals surface area (Å²) in [7, 11) is 0. The van der Waals surface area contributed by atoms with Crippen LogP contribution in [0.5, 0.6) is 0 Å². The zero-order chi connectivity index (χ0) is 6.41. The fourth-order valence-electron chi connectivity index (χ4n) is 0.287. The van der Waals surface area contributed by atoms with Gasteiger partial charge in [-0.15, -0.1) is 6.08 Å². The van der Waals surface area contributed by atoms with Crippen molar-refractivity contribution in [3.8, 4) is 0 Å². The molecule has 0 saturated carbocycles. The molecule has 0 atom stereocenters. The number of hydrogen-bond donors (Lipinski definition) is 0. The van der Waals surface area contributed by atoms with Crippen LogP contribution in [0.25, 0.3) is 0 Å². The number of allylic oxidation sites excluding steroid dienone is 1. The van der Waals surface area contributed by atoms with Crippen molar-refractivity contribution in [2.75, 3.05) is 6.61 Å². The van der Waals surface area contributed by atoms with Crippen molar-refractivity contribution in [3.63, 3.8) is 0 Å². The van der Waals surface area contributed by atoms with E-state index >= 15 is 0 Å². The fourth-order valence-corrected chi connectivity index (χ4v) is 0.287. The molecule has 3 heteroatoms. The Morgan fingerprint density at radius 3 is 2.67 bits per heavy atom. The summed E-state index contributed by atoms with van der Waals surface area (Å²) in [6.07, 6.45) is 2.68. The average molecular weight is 179 g/mol. The van der Waals surface area contributed by atoms with E-state index in [0.717, 1.165) is 0 Å². The molecular formula is C6H9O2Zn-. The van der Waals surface area contributed by atoms with Gasteiger partial charge in [0.2, 0.25) is 5.97 Å². The zero-order valence-electron chi connectivity index (χ0n) is 5.59. The first-order chi connectivity index (χ1) is 3.81. The topological polar surface area (TPSA) is 26.3 Å². The van der Waals surface area contributed by atoms with E-state index < -0.39 is 0 Å². The largest absolute Gasteiger partial charge is 0.476 e. The normalized spacial score (nSPS) is 8.56. The number of carbonyl (C=O) groups excluding carboxylic acids is 1. The van der Waals surface area contributed by atoms with Crippen LogP contribution in [-0.2, 0) is 29.0 Å². The first-order valence-electron chi connectivity index (χ1n) is 2.43. The van der Waals surface area contributed by atoms with Crippen LogP contribution >= 0.6 is 0 Å². The maximum Gasteiger partial charge on any atom is 0.247 e. The maximum atomic E-state index is 10.3. The molecule has 0 heterocycles. The van der Waals surface area contributed by atoms with E-state index in [2.05, 4.69) is 11.7 Å². The van der Waals surface area contributed by atoms with Gasteiger partial charge in [0.1, 0.15) is 0 Å². The summed E-state index contributed by atoms with van der Waals surface area (Å²) in [6.45, 7) is 5.51. The predicted octanol–water partition coefficient (Wildman–Crippen LogP) is 0.937. The number of esters is 1. The van der Waals surface area contributed by atoms with Gasteiger partial charge in [-0.05, 0) is 6.92 Å². The fraction of sp³-hybridized carbons (Fsp3) is 0.333. The van der Waals surface area contributed by atoms with Crippen LogP contribution in [0, 0.1) is 6.92 Å². The molecule has 0 rings (SSSR count). The minimum atomic E-state index is -0.331. The smallest absolute Gasteiger partial charge is 0.247 e. The number of hydrogen-bond acceptors (Lipinski definition) is 2. The second-order valence-electron chi connectivity index (χ2n) is 1.15. The van der Waals surface area contributed by atoms with E-state index in [1.165, 1.54) is 12.2 Å². The summed E-state index contributed by atoms with van der Waals surface area (Å²) in [4.78, 5) is 10.3. The molecule has 0 aromatic carbocycles. The van der Waals surface area contributed by atoms with E-state index in [0.29, 0.717) is 6.61 Å². The van der Waals surface area contributed by atoms with Gasteiger partial charge < -0.3 is 4.74 Å². The summed E-state index contributed by atoms with van der Waals surface area (Å²) in [6, 6.07) is 0. The van der Waals surface area contributed by atoms with Gasteiger partial charge in [-0.25, -0.2) is 13.0 Å². The van der Waals surface area contributed by atoms with Gasteiger partial charge in [0.25, 0.3) is 0 Å². The monoisotopic (exact) mass is 177 g/mol. The van der Waals surface area contributed by atoms with Crippen LogP contribution < -0.4 is 0 Å². The van der Waals surface area contributed by atoms with E-state index in [-0.39, 0.29) is 25.4 Å². The molecular weight excluding hydrogens is 169 g/mol. The number of ether oxygens (including phenoxy) is 1. The van der Waals surface area contributed by atoms with Gasteiger partial charge in [0, 0.05) is 19.5 Å². The Hall–Kier alpha value is -0.297. The third-order valence-corrected chi connectivity index (χ3v) is 0.541.